The number of ether oxygens (including phenoxy) is 2. The average Bonchev–Trinajstić information content (AvgIpc) is 2.75. The second kappa shape index (κ2) is 10.00. The van der Waals surface area contributed by atoms with Crippen molar-refractivity contribution in [3.63, 3.8) is 0 Å². The highest BCUT2D eigenvalue weighted by atomic mass is 32.2. The number of esters is 1. The minimum absolute atomic E-state index is 0.215. The minimum atomic E-state index is -4.23. The molecule has 0 fully saturated rings. The lowest BCUT2D eigenvalue weighted by Crippen LogP contribution is -2.31. The van der Waals surface area contributed by atoms with E-state index in [9.17, 15) is 28.1 Å². The van der Waals surface area contributed by atoms with Gasteiger partial charge in [-0.05, 0) is 24.3 Å². The Kier molecular flexibility index (Phi) is 7.67. The fraction of sp³-hybridized carbons (Fsp3) is 0.263. The third-order valence-corrected chi connectivity index (χ3v) is 5.51. The van der Waals surface area contributed by atoms with Gasteiger partial charge in [-0.2, -0.15) is 4.72 Å². The molecule has 11 nitrogen and oxygen atoms in total. The van der Waals surface area contributed by atoms with Crippen molar-refractivity contribution < 1.29 is 32.4 Å². The van der Waals surface area contributed by atoms with Crippen molar-refractivity contribution in [1.29, 1.82) is 0 Å². The summed E-state index contributed by atoms with van der Waals surface area (Å²) < 4.78 is 36.7. The summed E-state index contributed by atoms with van der Waals surface area (Å²) >= 11 is 0. The van der Waals surface area contributed by atoms with Crippen molar-refractivity contribution in [2.45, 2.75) is 4.90 Å². The summed E-state index contributed by atoms with van der Waals surface area (Å²) in [5.41, 5.74) is 0.0303. The van der Waals surface area contributed by atoms with Crippen LogP contribution in [0.2, 0.25) is 0 Å². The van der Waals surface area contributed by atoms with E-state index in [1.807, 2.05) is 4.72 Å². The molecule has 0 aromatic heterocycles. The van der Waals surface area contributed by atoms with Crippen LogP contribution in [0, 0.1) is 10.1 Å². The van der Waals surface area contributed by atoms with E-state index in [-0.39, 0.29) is 16.1 Å². The predicted octanol–water partition coefficient (Wildman–Crippen LogP) is 1.37. The number of nitrogens with one attached hydrogen (secondary N) is 1. The van der Waals surface area contributed by atoms with Crippen LogP contribution < -0.4 is 14.4 Å². The van der Waals surface area contributed by atoms with Crippen molar-refractivity contribution in [2.75, 3.05) is 39.3 Å². The molecule has 0 heterocycles. The molecular weight excluding hydrogens is 430 g/mol. The highest BCUT2D eigenvalue weighted by Crippen LogP contribution is 2.29. The maximum absolute atomic E-state index is 12.4. The van der Waals surface area contributed by atoms with Gasteiger partial charge in [0.1, 0.15) is 18.0 Å². The number of nitrogens with zero attached hydrogens (tertiary/aromatic N) is 2. The fourth-order valence-corrected chi connectivity index (χ4v) is 3.57. The van der Waals surface area contributed by atoms with Crippen molar-refractivity contribution in [2.24, 2.45) is 0 Å². The van der Waals surface area contributed by atoms with Gasteiger partial charge in [-0.15, -0.1) is 0 Å². The first kappa shape index (κ1) is 23.8. The number of ketones is 1. The van der Waals surface area contributed by atoms with E-state index in [0.29, 0.717) is 5.75 Å². The summed E-state index contributed by atoms with van der Waals surface area (Å²) in [6.07, 6.45) is 0. The van der Waals surface area contributed by atoms with Gasteiger partial charge in [-0.1, -0.05) is 12.1 Å². The molecule has 0 aliphatic rings. The SMILES string of the molecule is COc1ccccc1C(=O)COC(=O)CNS(=O)(=O)c1ccc(N(C)C)c([N+](=O)[O-])c1. The molecule has 0 spiro atoms. The molecule has 166 valence electrons. The molecule has 0 aliphatic carbocycles. The molecule has 2 aromatic carbocycles. The Balaban J connectivity index is 2.02. The largest absolute Gasteiger partial charge is 0.496 e. The van der Waals surface area contributed by atoms with Gasteiger partial charge in [0.05, 0.1) is 22.5 Å². The van der Waals surface area contributed by atoms with Gasteiger partial charge in [-0.25, -0.2) is 8.42 Å². The van der Waals surface area contributed by atoms with Crippen LogP contribution in [-0.2, 0) is 19.6 Å². The molecule has 0 amide bonds. The van der Waals surface area contributed by atoms with E-state index in [1.165, 1.54) is 30.2 Å². The van der Waals surface area contributed by atoms with E-state index in [0.717, 1.165) is 6.07 Å². The maximum Gasteiger partial charge on any atom is 0.321 e. The van der Waals surface area contributed by atoms with Crippen LogP contribution in [0.4, 0.5) is 11.4 Å². The normalized spacial score (nSPS) is 10.9. The summed E-state index contributed by atoms with van der Waals surface area (Å²) in [6, 6.07) is 9.73. The van der Waals surface area contributed by atoms with E-state index < -0.39 is 45.5 Å². The second-order valence-electron chi connectivity index (χ2n) is 6.41. The lowest BCUT2D eigenvalue weighted by Gasteiger charge is -2.14. The monoisotopic (exact) mass is 451 g/mol. The highest BCUT2D eigenvalue weighted by molar-refractivity contribution is 7.89. The van der Waals surface area contributed by atoms with Crippen molar-refractivity contribution in [3.05, 3.63) is 58.1 Å². The van der Waals surface area contributed by atoms with E-state index >= 15 is 0 Å². The Hall–Kier alpha value is -3.51. The Morgan fingerprint density at radius 3 is 2.45 bits per heavy atom. The van der Waals surface area contributed by atoms with Gasteiger partial charge in [0.25, 0.3) is 5.69 Å². The van der Waals surface area contributed by atoms with E-state index in [1.54, 1.807) is 32.3 Å². The number of hydrogen-bond donors (Lipinski definition) is 1. The van der Waals surface area contributed by atoms with Gasteiger partial charge in [0.2, 0.25) is 15.8 Å². The number of carbonyl (C=O) groups is 2. The number of Topliss-reactive ketones (excluding diaryl/α,β-unsaturated/α-hetero) is 1. The lowest BCUT2D eigenvalue weighted by molar-refractivity contribution is -0.384. The molecule has 2 aromatic rings. The summed E-state index contributed by atoms with van der Waals surface area (Å²) in [6.45, 7) is -1.37. The van der Waals surface area contributed by atoms with Crippen LogP contribution in [0.3, 0.4) is 0 Å². The third-order valence-electron chi connectivity index (χ3n) is 4.11. The Morgan fingerprint density at radius 2 is 1.84 bits per heavy atom. The summed E-state index contributed by atoms with van der Waals surface area (Å²) in [4.78, 5) is 35.7. The summed E-state index contributed by atoms with van der Waals surface area (Å²) in [5, 5.41) is 11.2. The van der Waals surface area contributed by atoms with E-state index in [4.69, 9.17) is 9.47 Å². The first-order chi connectivity index (χ1) is 14.6. The number of benzene rings is 2. The quantitative estimate of drug-likeness (QED) is 0.245. The number of sulfonamides is 1. The standard InChI is InChI=1S/C19H21N3O8S/c1-21(2)15-9-8-13(10-16(15)22(25)26)31(27,28)20-11-19(24)30-12-17(23)14-6-4-5-7-18(14)29-3/h4-10,20H,11-12H2,1-3H3. The molecule has 1 N–H and O–H groups in total. The first-order valence-corrected chi connectivity index (χ1v) is 10.3. The zero-order chi connectivity index (χ0) is 23.2. The van der Waals surface area contributed by atoms with Gasteiger partial charge in [-0.3, -0.25) is 19.7 Å². The molecule has 31 heavy (non-hydrogen) atoms. The molecule has 0 aliphatic heterocycles. The first-order valence-electron chi connectivity index (χ1n) is 8.84. The number of rotatable bonds is 10. The van der Waals surface area contributed by atoms with Crippen LogP contribution in [0.15, 0.2) is 47.4 Å². The van der Waals surface area contributed by atoms with Crippen LogP contribution in [-0.4, -0.2) is 59.5 Å². The smallest absolute Gasteiger partial charge is 0.321 e. The molecule has 0 atom stereocenters. The Morgan fingerprint density at radius 1 is 1.16 bits per heavy atom. The molecule has 2 rings (SSSR count). The van der Waals surface area contributed by atoms with Crippen LogP contribution in [0.5, 0.6) is 5.75 Å². The minimum Gasteiger partial charge on any atom is -0.496 e. The number of methoxy groups -OCH3 is 1. The molecule has 0 unspecified atom stereocenters. The zero-order valence-corrected chi connectivity index (χ0v) is 17.8. The second-order valence-corrected chi connectivity index (χ2v) is 8.18. The van der Waals surface area contributed by atoms with Crippen LogP contribution >= 0.6 is 0 Å². The molecule has 0 radical (unpaired) electrons. The Labute approximate surface area is 178 Å². The number of anilines is 1. The predicted molar refractivity (Wildman–Crippen MR) is 111 cm³/mol. The van der Waals surface area contributed by atoms with Crippen molar-refractivity contribution in [3.8, 4) is 5.75 Å². The van der Waals surface area contributed by atoms with Gasteiger partial charge >= 0.3 is 5.97 Å². The number of nitro benzene ring substituents is 1. The molecule has 12 heteroatoms. The highest BCUT2D eigenvalue weighted by Gasteiger charge is 2.23. The summed E-state index contributed by atoms with van der Waals surface area (Å²) in [7, 11) is 0.318. The van der Waals surface area contributed by atoms with Gasteiger partial charge in [0.15, 0.2) is 6.61 Å². The maximum atomic E-state index is 12.4. The van der Waals surface area contributed by atoms with Crippen molar-refractivity contribution in [1.82, 2.24) is 4.72 Å². The molecule has 0 bridgehead atoms. The van der Waals surface area contributed by atoms with Crippen LogP contribution in [0.25, 0.3) is 0 Å². The Bertz CT molecular complexity index is 1100. The van der Waals surface area contributed by atoms with Gasteiger partial charge < -0.3 is 14.4 Å². The molecule has 0 saturated carbocycles. The van der Waals surface area contributed by atoms with Crippen LogP contribution in [0.1, 0.15) is 10.4 Å². The molecule has 0 saturated heterocycles. The number of nitro groups is 1. The fourth-order valence-electron chi connectivity index (χ4n) is 2.58. The number of para-hydroxylation sites is 1. The number of hydrogen-bond acceptors (Lipinski definition) is 9. The summed E-state index contributed by atoms with van der Waals surface area (Å²) in [5.74, 6) is -1.21. The van der Waals surface area contributed by atoms with Crippen molar-refractivity contribution >= 4 is 33.2 Å². The average molecular weight is 451 g/mol. The third kappa shape index (κ3) is 5.99. The van der Waals surface area contributed by atoms with E-state index in [2.05, 4.69) is 0 Å². The molecular formula is C19H21N3O8S. The topological polar surface area (TPSA) is 145 Å². The number of carbonyl (C=O) groups excluding carboxylic acids is 2. The lowest BCUT2D eigenvalue weighted by atomic mass is 10.1. The zero-order valence-electron chi connectivity index (χ0n) is 17.0. The van der Waals surface area contributed by atoms with Gasteiger partial charge in [0, 0.05) is 20.2 Å².